The van der Waals surface area contributed by atoms with Gasteiger partial charge in [-0.1, -0.05) is 30.1 Å². The lowest BCUT2D eigenvalue weighted by Crippen LogP contribution is -2.24. The highest BCUT2D eigenvalue weighted by Crippen LogP contribution is 2.25. The van der Waals surface area contributed by atoms with Crippen LogP contribution in [0.3, 0.4) is 0 Å². The molecule has 0 unspecified atom stereocenters. The van der Waals surface area contributed by atoms with Crippen LogP contribution in [-0.4, -0.2) is 31.5 Å². The van der Waals surface area contributed by atoms with Crippen LogP contribution < -0.4 is 9.46 Å². The zero-order valence-corrected chi connectivity index (χ0v) is 16.8. The first-order chi connectivity index (χ1) is 11.9. The molecular weight excluding hydrogens is 405 g/mol. The molecule has 1 aromatic carbocycles. The second-order valence-electron chi connectivity index (χ2n) is 4.98. The van der Waals surface area contributed by atoms with Gasteiger partial charge in [0.2, 0.25) is 10.0 Å². The lowest BCUT2D eigenvalue weighted by molar-refractivity contribution is 0.402. The lowest BCUT2D eigenvalue weighted by atomic mass is 10.3. The Bertz CT molecular complexity index is 828. The summed E-state index contributed by atoms with van der Waals surface area (Å²) in [6.45, 7) is 2.00. The summed E-state index contributed by atoms with van der Waals surface area (Å²) in [5.41, 5.74) is 0.389. The van der Waals surface area contributed by atoms with Gasteiger partial charge >= 0.3 is 0 Å². The number of rotatable bonds is 8. The van der Waals surface area contributed by atoms with E-state index in [1.165, 1.54) is 25.3 Å². The number of hydrogen-bond donors (Lipinski definition) is 1. The summed E-state index contributed by atoms with van der Waals surface area (Å²) in [5, 5.41) is 9.35. The molecule has 0 saturated carbocycles. The zero-order chi connectivity index (χ0) is 18.4. The molecule has 0 spiro atoms. The summed E-state index contributed by atoms with van der Waals surface area (Å²) in [6, 6.07) is 5.85. The fraction of sp³-hybridized carbons (Fsp3) is 0.333. The molecule has 1 heterocycles. The van der Waals surface area contributed by atoms with Gasteiger partial charge in [-0.3, -0.25) is 0 Å². The van der Waals surface area contributed by atoms with Crippen LogP contribution in [0.15, 0.2) is 34.2 Å². The fourth-order valence-electron chi connectivity index (χ4n) is 1.89. The number of methoxy groups -OCH3 is 1. The Labute approximate surface area is 161 Å². The smallest absolute Gasteiger partial charge is 0.241 e. The van der Waals surface area contributed by atoms with Crippen LogP contribution in [0, 0.1) is 0 Å². The van der Waals surface area contributed by atoms with E-state index in [-0.39, 0.29) is 21.5 Å². The minimum absolute atomic E-state index is 0.0213. The van der Waals surface area contributed by atoms with Crippen LogP contribution in [0.1, 0.15) is 19.0 Å². The summed E-state index contributed by atoms with van der Waals surface area (Å²) in [7, 11) is -2.30. The number of aromatic nitrogens is 2. The highest BCUT2D eigenvalue weighted by atomic mass is 35.5. The Balaban J connectivity index is 2.16. The average Bonchev–Trinajstić information content (AvgIpc) is 2.57. The van der Waals surface area contributed by atoms with Gasteiger partial charge in [0.1, 0.15) is 16.5 Å². The van der Waals surface area contributed by atoms with E-state index in [9.17, 15) is 8.42 Å². The number of sulfonamides is 1. The topological polar surface area (TPSA) is 81.2 Å². The molecule has 10 heteroatoms. The molecule has 2 rings (SSSR count). The molecular formula is C15H17Cl2N3O3S2. The van der Waals surface area contributed by atoms with Crippen LogP contribution in [0.5, 0.6) is 5.75 Å². The van der Waals surface area contributed by atoms with Crippen LogP contribution in [0.25, 0.3) is 0 Å². The normalized spacial score (nSPS) is 11.5. The van der Waals surface area contributed by atoms with Crippen LogP contribution >= 0.6 is 35.0 Å². The predicted molar refractivity (Wildman–Crippen MR) is 100 cm³/mol. The van der Waals surface area contributed by atoms with E-state index in [1.54, 1.807) is 17.8 Å². The highest BCUT2D eigenvalue weighted by molar-refractivity contribution is 7.99. The molecule has 25 heavy (non-hydrogen) atoms. The van der Waals surface area contributed by atoms with Crippen molar-refractivity contribution in [3.63, 3.8) is 0 Å². The number of thioether (sulfide) groups is 1. The molecule has 6 nitrogen and oxygen atoms in total. The van der Waals surface area contributed by atoms with E-state index >= 15 is 0 Å². The van der Waals surface area contributed by atoms with Crippen molar-refractivity contribution in [2.75, 3.05) is 12.9 Å². The van der Waals surface area contributed by atoms with Gasteiger partial charge in [-0.15, -0.1) is 22.0 Å². The molecule has 2 aromatic rings. The maximum absolute atomic E-state index is 12.4. The zero-order valence-electron chi connectivity index (χ0n) is 13.6. The largest absolute Gasteiger partial charge is 0.495 e. The quantitative estimate of drug-likeness (QED) is 0.653. The van der Waals surface area contributed by atoms with Gasteiger partial charge in [0, 0.05) is 16.1 Å². The Kier molecular flexibility index (Phi) is 7.33. The monoisotopic (exact) mass is 421 g/mol. The number of halogens is 2. The Hall–Kier alpha value is -1.06. The van der Waals surface area contributed by atoms with Crippen molar-refractivity contribution in [2.45, 2.75) is 29.8 Å². The van der Waals surface area contributed by atoms with Gasteiger partial charge in [-0.25, -0.2) is 13.1 Å². The molecule has 0 amide bonds. The molecule has 0 bridgehead atoms. The molecule has 0 aliphatic carbocycles. The van der Waals surface area contributed by atoms with Gasteiger partial charge in [0.05, 0.1) is 18.6 Å². The molecule has 1 aromatic heterocycles. The summed E-state index contributed by atoms with van der Waals surface area (Å²) in [6.07, 6.45) is 1.01. The second kappa shape index (κ2) is 9.05. The Morgan fingerprint density at radius 3 is 2.44 bits per heavy atom. The summed E-state index contributed by atoms with van der Waals surface area (Å²) >= 11 is 13.3. The third kappa shape index (κ3) is 5.72. The Morgan fingerprint density at radius 2 is 1.84 bits per heavy atom. The van der Waals surface area contributed by atoms with Gasteiger partial charge in [0.25, 0.3) is 0 Å². The van der Waals surface area contributed by atoms with E-state index in [0.717, 1.165) is 17.2 Å². The third-order valence-electron chi connectivity index (χ3n) is 3.06. The highest BCUT2D eigenvalue weighted by Gasteiger charge is 2.17. The first-order valence-electron chi connectivity index (χ1n) is 7.35. The van der Waals surface area contributed by atoms with E-state index < -0.39 is 10.0 Å². The molecule has 0 saturated heterocycles. The minimum atomic E-state index is -3.80. The summed E-state index contributed by atoms with van der Waals surface area (Å²) < 4.78 is 32.5. The molecule has 136 valence electrons. The number of ether oxygens (including phenoxy) is 1. The molecule has 0 fully saturated rings. The van der Waals surface area contributed by atoms with Crippen molar-refractivity contribution >= 4 is 45.0 Å². The molecule has 0 atom stereocenters. The van der Waals surface area contributed by atoms with Gasteiger partial charge in [-0.05, 0) is 30.4 Å². The average molecular weight is 422 g/mol. The molecule has 0 radical (unpaired) electrons. The van der Waals surface area contributed by atoms with Crippen LogP contribution in [0.2, 0.25) is 10.0 Å². The second-order valence-corrected chi connectivity index (χ2v) is 8.73. The maximum atomic E-state index is 12.4. The SMILES string of the molecule is CCCSc1cc(OC)c(CNS(=O)(=O)c2cc(Cl)cc(Cl)c2)nn1. The first-order valence-corrected chi connectivity index (χ1v) is 10.6. The molecule has 0 aliphatic rings. The van der Waals surface area contributed by atoms with Crippen molar-refractivity contribution < 1.29 is 13.2 Å². The van der Waals surface area contributed by atoms with Crippen molar-refractivity contribution in [1.29, 1.82) is 0 Å². The standard InChI is InChI=1S/C15H17Cl2N3O3S2/c1-3-4-24-15-8-14(23-2)13(19-20-15)9-18-25(21,22)12-6-10(16)5-11(17)7-12/h5-8,18H,3-4,9H2,1-2H3. The van der Waals surface area contributed by atoms with Crippen LogP contribution in [0.4, 0.5) is 0 Å². The van der Waals surface area contributed by atoms with Gasteiger partial charge < -0.3 is 4.74 Å². The third-order valence-corrected chi connectivity index (χ3v) is 5.98. The Morgan fingerprint density at radius 1 is 1.16 bits per heavy atom. The number of nitrogens with one attached hydrogen (secondary N) is 1. The van der Waals surface area contributed by atoms with E-state index in [4.69, 9.17) is 27.9 Å². The van der Waals surface area contributed by atoms with Crippen molar-refractivity contribution in [3.05, 3.63) is 40.0 Å². The van der Waals surface area contributed by atoms with Gasteiger partial charge in [0.15, 0.2) is 0 Å². The van der Waals surface area contributed by atoms with E-state index in [1.807, 2.05) is 0 Å². The number of nitrogens with zero attached hydrogens (tertiary/aromatic N) is 2. The summed E-state index contributed by atoms with van der Waals surface area (Å²) in [4.78, 5) is -0.0213. The fourth-order valence-corrected chi connectivity index (χ4v) is 4.31. The van der Waals surface area contributed by atoms with Crippen LogP contribution in [-0.2, 0) is 16.6 Å². The summed E-state index contributed by atoms with van der Waals surface area (Å²) in [5.74, 6) is 1.39. The number of hydrogen-bond acceptors (Lipinski definition) is 6. The molecule has 1 N–H and O–H groups in total. The lowest BCUT2D eigenvalue weighted by Gasteiger charge is -2.10. The minimum Gasteiger partial charge on any atom is -0.495 e. The number of benzene rings is 1. The molecule has 0 aliphatic heterocycles. The van der Waals surface area contributed by atoms with Gasteiger partial charge in [-0.2, -0.15) is 0 Å². The predicted octanol–water partition coefficient (Wildman–Crippen LogP) is 3.77. The van der Waals surface area contributed by atoms with Crippen molar-refractivity contribution in [2.24, 2.45) is 0 Å². The van der Waals surface area contributed by atoms with Crippen molar-refractivity contribution in [1.82, 2.24) is 14.9 Å². The van der Waals surface area contributed by atoms with E-state index in [2.05, 4.69) is 21.8 Å². The first kappa shape index (κ1) is 20.3. The maximum Gasteiger partial charge on any atom is 0.241 e. The van der Waals surface area contributed by atoms with Crippen molar-refractivity contribution in [3.8, 4) is 5.75 Å². The van der Waals surface area contributed by atoms with E-state index in [0.29, 0.717) is 11.4 Å².